The van der Waals surface area contributed by atoms with Crippen LogP contribution in [0.5, 0.6) is 5.75 Å². The molecule has 3 aliphatic rings. The lowest BCUT2D eigenvalue weighted by molar-refractivity contribution is 0.0610. The minimum absolute atomic E-state index is 0.0172. The van der Waals surface area contributed by atoms with E-state index in [0.717, 1.165) is 30.2 Å². The van der Waals surface area contributed by atoms with Gasteiger partial charge in [0.05, 0.1) is 17.6 Å². The number of amides is 1. The average molecular weight is 471 g/mol. The normalized spacial score (nSPS) is 23.2. The Bertz CT molecular complexity index is 1380. The maximum Gasteiger partial charge on any atom is 0.274 e. The molecule has 7 nitrogen and oxygen atoms in total. The molecule has 0 aliphatic carbocycles. The van der Waals surface area contributed by atoms with Crippen LogP contribution in [-0.4, -0.2) is 43.3 Å². The molecule has 1 aromatic carbocycles. The van der Waals surface area contributed by atoms with Crippen molar-refractivity contribution < 1.29 is 18.7 Å². The van der Waals surface area contributed by atoms with Crippen LogP contribution in [0.1, 0.15) is 52.6 Å². The summed E-state index contributed by atoms with van der Waals surface area (Å²) in [5, 5.41) is 19.9. The van der Waals surface area contributed by atoms with Crippen molar-refractivity contribution in [3.8, 4) is 16.3 Å². The Labute approximate surface area is 191 Å². The zero-order valence-corrected chi connectivity index (χ0v) is 18.5. The summed E-state index contributed by atoms with van der Waals surface area (Å²) in [4.78, 5) is 28.2. The fourth-order valence-electron chi connectivity index (χ4n) is 5.61. The third-order valence-electron chi connectivity index (χ3n) is 6.99. The van der Waals surface area contributed by atoms with Crippen LogP contribution in [0, 0.1) is 17.6 Å². The van der Waals surface area contributed by atoms with Crippen LogP contribution in [0.15, 0.2) is 23.0 Å². The van der Waals surface area contributed by atoms with Gasteiger partial charge in [-0.3, -0.25) is 9.59 Å². The molecule has 6 rings (SSSR count). The summed E-state index contributed by atoms with van der Waals surface area (Å²) in [6.45, 7) is 2.73. The SMILES string of the molecule is C[C@@H]1CC2C3CCc4c(-c5nnc(Cc6ccc(F)cc6F)s5)c(=O)c(O)c(n43)C(=O)N2C1. The first kappa shape index (κ1) is 20.5. The summed E-state index contributed by atoms with van der Waals surface area (Å²) < 4.78 is 29.1. The van der Waals surface area contributed by atoms with E-state index in [1.165, 1.54) is 12.1 Å². The number of carbonyl (C=O) groups is 1. The van der Waals surface area contributed by atoms with Crippen molar-refractivity contribution in [3.63, 3.8) is 0 Å². The quantitative estimate of drug-likeness (QED) is 0.635. The van der Waals surface area contributed by atoms with Gasteiger partial charge in [0.1, 0.15) is 16.6 Å². The highest BCUT2D eigenvalue weighted by Gasteiger charge is 2.49. The summed E-state index contributed by atoms with van der Waals surface area (Å²) in [6, 6.07) is 3.43. The molecule has 3 atom stereocenters. The standard InChI is InChI=1S/C23H20F2N4O3S/c1-10-6-16-14-4-5-15-18(20(30)21(31)19(29(14)15)23(32)28(16)9-10)22-27-26-17(33-22)7-11-2-3-12(24)8-13(11)25/h2-3,8,10,14,16,31H,4-7,9H2,1H3/t10-,14?,16?/m1/s1. The van der Waals surface area contributed by atoms with Crippen molar-refractivity contribution >= 4 is 17.2 Å². The topological polar surface area (TPSA) is 88.3 Å². The van der Waals surface area contributed by atoms with Crippen LogP contribution in [0.25, 0.3) is 10.6 Å². The van der Waals surface area contributed by atoms with Gasteiger partial charge in [-0.2, -0.15) is 0 Å². The number of nitrogens with zero attached hydrogens (tertiary/aromatic N) is 4. The van der Waals surface area contributed by atoms with Crippen molar-refractivity contribution in [2.75, 3.05) is 6.54 Å². The van der Waals surface area contributed by atoms with Crippen molar-refractivity contribution in [2.45, 2.75) is 44.7 Å². The number of hydrogen-bond donors (Lipinski definition) is 1. The number of rotatable bonds is 3. The number of halogens is 2. The zero-order chi connectivity index (χ0) is 23.0. The van der Waals surface area contributed by atoms with Gasteiger partial charge in [-0.25, -0.2) is 8.78 Å². The Balaban J connectivity index is 1.44. The summed E-state index contributed by atoms with van der Waals surface area (Å²) >= 11 is 1.13. The second-order valence-electron chi connectivity index (χ2n) is 9.10. The molecule has 3 aliphatic heterocycles. The molecule has 0 radical (unpaired) electrons. The van der Waals surface area contributed by atoms with Crippen molar-refractivity contribution in [2.24, 2.45) is 5.92 Å². The minimum Gasteiger partial charge on any atom is -0.503 e. The molecule has 0 bridgehead atoms. The summed E-state index contributed by atoms with van der Waals surface area (Å²) in [5.74, 6) is -1.81. The number of pyridine rings is 1. The monoisotopic (exact) mass is 470 g/mol. The largest absolute Gasteiger partial charge is 0.503 e. The Hall–Kier alpha value is -3.14. The smallest absolute Gasteiger partial charge is 0.274 e. The fraction of sp³-hybridized carbons (Fsp3) is 0.391. The van der Waals surface area contributed by atoms with E-state index in [0.29, 0.717) is 34.6 Å². The maximum atomic E-state index is 14.1. The first-order chi connectivity index (χ1) is 15.8. The summed E-state index contributed by atoms with van der Waals surface area (Å²) in [6.07, 6.45) is 2.36. The predicted octanol–water partition coefficient (Wildman–Crippen LogP) is 3.29. The Morgan fingerprint density at radius 2 is 2.03 bits per heavy atom. The second kappa shape index (κ2) is 7.18. The highest BCUT2D eigenvalue weighted by Crippen LogP contribution is 2.46. The molecule has 170 valence electrons. The molecule has 1 N–H and O–H groups in total. The van der Waals surface area contributed by atoms with Crippen molar-refractivity contribution in [1.29, 1.82) is 0 Å². The molecule has 1 saturated heterocycles. The minimum atomic E-state index is -0.673. The number of carbonyl (C=O) groups excluding carboxylic acids is 1. The van der Waals surface area contributed by atoms with Gasteiger partial charge in [-0.05, 0) is 36.8 Å². The Morgan fingerprint density at radius 1 is 1.21 bits per heavy atom. The molecule has 2 unspecified atom stereocenters. The predicted molar refractivity (Wildman–Crippen MR) is 116 cm³/mol. The number of aromatic hydroxyl groups is 1. The van der Waals surface area contributed by atoms with E-state index < -0.39 is 22.8 Å². The number of benzene rings is 1. The van der Waals surface area contributed by atoms with Crippen molar-refractivity contribution in [1.82, 2.24) is 19.7 Å². The van der Waals surface area contributed by atoms with Gasteiger partial charge in [0.25, 0.3) is 5.91 Å². The van der Waals surface area contributed by atoms with Gasteiger partial charge in [0, 0.05) is 24.7 Å². The van der Waals surface area contributed by atoms with Crippen LogP contribution in [0.2, 0.25) is 0 Å². The van der Waals surface area contributed by atoms with Crippen LogP contribution in [0.3, 0.4) is 0 Å². The lowest BCUT2D eigenvalue weighted by Crippen LogP contribution is -2.47. The molecule has 10 heteroatoms. The molecule has 3 aromatic rings. The second-order valence-corrected chi connectivity index (χ2v) is 10.2. The zero-order valence-electron chi connectivity index (χ0n) is 17.7. The maximum absolute atomic E-state index is 14.1. The molecule has 33 heavy (non-hydrogen) atoms. The van der Waals surface area contributed by atoms with Gasteiger partial charge in [-0.1, -0.05) is 24.3 Å². The number of fused-ring (bicyclic) bond motifs is 2. The molecule has 2 aromatic heterocycles. The molecule has 1 fully saturated rings. The third-order valence-corrected chi connectivity index (χ3v) is 7.93. The van der Waals surface area contributed by atoms with E-state index in [-0.39, 0.29) is 41.2 Å². The van der Waals surface area contributed by atoms with E-state index in [1.54, 1.807) is 4.90 Å². The molecule has 0 spiro atoms. The van der Waals surface area contributed by atoms with E-state index in [9.17, 15) is 23.5 Å². The Kier molecular flexibility index (Phi) is 4.45. The van der Waals surface area contributed by atoms with Gasteiger partial charge >= 0.3 is 0 Å². The molecule has 5 heterocycles. The van der Waals surface area contributed by atoms with Gasteiger partial charge in [0.15, 0.2) is 16.5 Å². The van der Waals surface area contributed by atoms with E-state index in [2.05, 4.69) is 17.1 Å². The van der Waals surface area contributed by atoms with Crippen LogP contribution < -0.4 is 5.43 Å². The molecule has 1 amide bonds. The third kappa shape index (κ3) is 2.96. The van der Waals surface area contributed by atoms with Crippen LogP contribution in [0.4, 0.5) is 8.78 Å². The van der Waals surface area contributed by atoms with Gasteiger partial charge in [0.2, 0.25) is 5.43 Å². The first-order valence-electron chi connectivity index (χ1n) is 10.9. The van der Waals surface area contributed by atoms with Gasteiger partial charge < -0.3 is 14.6 Å². The summed E-state index contributed by atoms with van der Waals surface area (Å²) in [5.41, 5.74) is 0.668. The fourth-order valence-corrected chi connectivity index (χ4v) is 6.54. The van der Waals surface area contributed by atoms with E-state index in [1.807, 2.05) is 4.57 Å². The van der Waals surface area contributed by atoms with Crippen molar-refractivity contribution in [3.05, 3.63) is 62.0 Å². The summed E-state index contributed by atoms with van der Waals surface area (Å²) in [7, 11) is 0. The molecular formula is C23H20F2N4O3S. The highest BCUT2D eigenvalue weighted by molar-refractivity contribution is 7.14. The van der Waals surface area contributed by atoms with Gasteiger partial charge in [-0.15, -0.1) is 10.2 Å². The van der Waals surface area contributed by atoms with E-state index >= 15 is 0 Å². The Morgan fingerprint density at radius 3 is 2.82 bits per heavy atom. The number of aromatic nitrogens is 3. The van der Waals surface area contributed by atoms with Crippen LogP contribution in [-0.2, 0) is 12.8 Å². The lowest BCUT2D eigenvalue weighted by atomic mass is 9.98. The number of hydrogen-bond acceptors (Lipinski definition) is 6. The van der Waals surface area contributed by atoms with Crippen LogP contribution >= 0.6 is 11.3 Å². The first-order valence-corrected chi connectivity index (χ1v) is 11.7. The molecular weight excluding hydrogens is 450 g/mol. The molecule has 0 saturated carbocycles. The average Bonchev–Trinajstić information content (AvgIpc) is 3.49. The van der Waals surface area contributed by atoms with E-state index in [4.69, 9.17) is 0 Å². The highest BCUT2D eigenvalue weighted by atomic mass is 32.1. The lowest BCUT2D eigenvalue weighted by Gasteiger charge is -2.38.